The lowest BCUT2D eigenvalue weighted by molar-refractivity contribution is 0.124. The lowest BCUT2D eigenvalue weighted by Crippen LogP contribution is -2.35. The summed E-state index contributed by atoms with van der Waals surface area (Å²) in [6.07, 6.45) is 4.72. The van der Waals surface area contributed by atoms with Gasteiger partial charge in [-0.15, -0.1) is 0 Å². The number of nitrogens with zero attached hydrogens (tertiary/aromatic N) is 2. The Bertz CT molecular complexity index is 693. The topological polar surface area (TPSA) is 53.4 Å². The highest BCUT2D eigenvalue weighted by molar-refractivity contribution is 7.87. The van der Waals surface area contributed by atoms with Gasteiger partial charge in [0.25, 0.3) is 0 Å². The van der Waals surface area contributed by atoms with Crippen LogP contribution in [0.4, 0.5) is 5.69 Å². The van der Waals surface area contributed by atoms with Crippen LogP contribution in [0.15, 0.2) is 48.7 Å². The quantitative estimate of drug-likeness (QED) is 0.841. The molecule has 0 fully saturated rings. The Morgan fingerprint density at radius 1 is 1.16 bits per heavy atom. The number of pyridine rings is 1. The van der Waals surface area contributed by atoms with E-state index < -0.39 is 15.9 Å². The first-order chi connectivity index (χ1) is 12.2. The number of para-hydroxylation sites is 1. The van der Waals surface area contributed by atoms with Crippen molar-refractivity contribution in [3.63, 3.8) is 0 Å². The summed E-state index contributed by atoms with van der Waals surface area (Å²) in [6.45, 7) is 6.81. The maximum absolute atomic E-state index is 13.0. The highest BCUT2D eigenvalue weighted by Gasteiger charge is 2.47. The molecule has 136 valence electrons. The lowest BCUT2D eigenvalue weighted by Gasteiger charge is -2.24. The molecule has 2 atom stereocenters. The molecule has 3 rings (SSSR count). The Kier molecular flexibility index (Phi) is 7.14. The van der Waals surface area contributed by atoms with Crippen molar-refractivity contribution >= 4 is 16.7 Å². The number of benzene rings is 1. The molecule has 4 nitrogen and oxygen atoms in total. The summed E-state index contributed by atoms with van der Waals surface area (Å²) in [6, 6.07) is 13.4. The summed E-state index contributed by atoms with van der Waals surface area (Å²) in [7, 11) is -1.47. The van der Waals surface area contributed by atoms with E-state index in [1.54, 1.807) is 6.20 Å². The van der Waals surface area contributed by atoms with Gasteiger partial charge < -0.3 is 5.11 Å². The molecule has 1 aromatic carbocycles. The van der Waals surface area contributed by atoms with E-state index in [0.717, 1.165) is 29.8 Å². The highest BCUT2D eigenvalue weighted by atomic mass is 32.2. The zero-order chi connectivity index (χ0) is 18.3. The van der Waals surface area contributed by atoms with Gasteiger partial charge >= 0.3 is 0 Å². The molecule has 0 saturated carbocycles. The van der Waals surface area contributed by atoms with E-state index >= 15 is 0 Å². The van der Waals surface area contributed by atoms with Crippen LogP contribution in [-0.2, 0) is 22.3 Å². The fraction of sp³-hybridized carbons (Fsp3) is 0.450. The normalized spacial score (nSPS) is 21.4. The van der Waals surface area contributed by atoms with Crippen molar-refractivity contribution in [2.45, 2.75) is 51.4 Å². The largest absolute Gasteiger partial charge is 0.371 e. The van der Waals surface area contributed by atoms with Gasteiger partial charge in [-0.25, -0.2) is 4.21 Å². The van der Waals surface area contributed by atoms with Crippen LogP contribution in [0.25, 0.3) is 0 Å². The smallest absolute Gasteiger partial charge is 0.187 e. The molecule has 0 saturated heterocycles. The van der Waals surface area contributed by atoms with Gasteiger partial charge in [-0.2, -0.15) is 0 Å². The fourth-order valence-electron chi connectivity index (χ4n) is 2.96. The summed E-state index contributed by atoms with van der Waals surface area (Å²) >= 11 is 0. The minimum Gasteiger partial charge on any atom is -0.371 e. The van der Waals surface area contributed by atoms with Gasteiger partial charge in [-0.05, 0) is 37.5 Å². The molecule has 0 bridgehead atoms. The number of aryl methyl sites for hydroxylation is 1. The third-order valence-electron chi connectivity index (χ3n) is 4.24. The second kappa shape index (κ2) is 9.11. The SMILES string of the molecule is CC.CCCCN1c2ccccc2C(O)(CCc2ccccn2)S1=O. The first kappa shape index (κ1) is 19.6. The van der Waals surface area contributed by atoms with E-state index in [4.69, 9.17) is 0 Å². The summed E-state index contributed by atoms with van der Waals surface area (Å²) in [5.41, 5.74) is 2.57. The molecule has 2 heterocycles. The third-order valence-corrected chi connectivity index (χ3v) is 6.02. The number of hydrogen-bond donors (Lipinski definition) is 1. The monoisotopic (exact) mass is 360 g/mol. The number of aromatic nitrogens is 1. The standard InChI is InChI=1S/C18H22N2O2S.C2H6/c1-2-3-14-20-17-10-5-4-9-16(17)18(21,23(20)22)12-11-15-8-6-7-13-19-15;1-2/h4-10,13,21H,2-3,11-12,14H2,1H3;1-2H3. The van der Waals surface area contributed by atoms with Crippen LogP contribution in [0.2, 0.25) is 0 Å². The van der Waals surface area contributed by atoms with E-state index in [0.29, 0.717) is 19.4 Å². The number of hydrogen-bond acceptors (Lipinski definition) is 3. The molecule has 0 amide bonds. The summed E-state index contributed by atoms with van der Waals surface area (Å²) in [5.74, 6) is 0. The molecule has 25 heavy (non-hydrogen) atoms. The molecule has 1 N–H and O–H groups in total. The molecule has 1 aliphatic heterocycles. The van der Waals surface area contributed by atoms with Gasteiger partial charge in [0.2, 0.25) is 0 Å². The molecule has 0 aliphatic carbocycles. The van der Waals surface area contributed by atoms with E-state index in [-0.39, 0.29) is 0 Å². The zero-order valence-electron chi connectivity index (χ0n) is 15.3. The zero-order valence-corrected chi connectivity index (χ0v) is 16.1. The summed E-state index contributed by atoms with van der Waals surface area (Å²) in [5, 5.41) is 11.2. The van der Waals surface area contributed by atoms with Crippen molar-refractivity contribution in [2.75, 3.05) is 10.8 Å². The van der Waals surface area contributed by atoms with Crippen molar-refractivity contribution in [1.29, 1.82) is 0 Å². The Labute approximate surface area is 153 Å². The van der Waals surface area contributed by atoms with Gasteiger partial charge in [0.05, 0.1) is 5.69 Å². The minimum absolute atomic E-state index is 0.399. The maximum atomic E-state index is 13.0. The lowest BCUT2D eigenvalue weighted by atomic mass is 10.0. The summed E-state index contributed by atoms with van der Waals surface area (Å²) in [4.78, 5) is 2.97. The van der Waals surface area contributed by atoms with Gasteiger partial charge in [0.15, 0.2) is 15.9 Å². The average Bonchev–Trinajstić information content (AvgIpc) is 2.89. The van der Waals surface area contributed by atoms with Crippen LogP contribution in [0.3, 0.4) is 0 Å². The first-order valence-corrected chi connectivity index (χ1v) is 10.2. The van der Waals surface area contributed by atoms with E-state index in [2.05, 4.69) is 11.9 Å². The number of fused-ring (bicyclic) bond motifs is 1. The summed E-state index contributed by atoms with van der Waals surface area (Å²) < 4.78 is 14.8. The van der Waals surface area contributed by atoms with Crippen LogP contribution < -0.4 is 4.31 Å². The van der Waals surface area contributed by atoms with E-state index in [1.807, 2.05) is 60.6 Å². The second-order valence-corrected chi connectivity index (χ2v) is 7.44. The van der Waals surface area contributed by atoms with E-state index in [1.165, 1.54) is 0 Å². The number of unbranched alkanes of at least 4 members (excludes halogenated alkanes) is 1. The van der Waals surface area contributed by atoms with Crippen molar-refractivity contribution in [3.05, 3.63) is 59.9 Å². The molecule has 0 radical (unpaired) electrons. The number of rotatable bonds is 6. The van der Waals surface area contributed by atoms with Crippen LogP contribution in [0.5, 0.6) is 0 Å². The van der Waals surface area contributed by atoms with E-state index in [9.17, 15) is 9.32 Å². The predicted octanol–water partition coefficient (Wildman–Crippen LogP) is 4.17. The van der Waals surface area contributed by atoms with Crippen LogP contribution in [0.1, 0.15) is 51.3 Å². The number of anilines is 1. The Hall–Kier alpha value is -1.72. The Balaban J connectivity index is 0.00000109. The highest BCUT2D eigenvalue weighted by Crippen LogP contribution is 2.45. The van der Waals surface area contributed by atoms with Gasteiger partial charge in [0, 0.05) is 24.0 Å². The predicted molar refractivity (Wildman–Crippen MR) is 105 cm³/mol. The Morgan fingerprint density at radius 2 is 1.88 bits per heavy atom. The molecular formula is C20H28N2O2S. The second-order valence-electron chi connectivity index (χ2n) is 5.83. The average molecular weight is 361 g/mol. The number of aliphatic hydroxyl groups is 1. The van der Waals surface area contributed by atoms with Crippen molar-refractivity contribution in [2.24, 2.45) is 0 Å². The first-order valence-electron chi connectivity index (χ1n) is 9.08. The molecule has 2 unspecified atom stereocenters. The van der Waals surface area contributed by atoms with Crippen molar-refractivity contribution in [3.8, 4) is 0 Å². The molecule has 1 aliphatic rings. The van der Waals surface area contributed by atoms with Crippen LogP contribution in [-0.4, -0.2) is 20.8 Å². The minimum atomic E-state index is -1.47. The van der Waals surface area contributed by atoms with Gasteiger partial charge in [0.1, 0.15) is 0 Å². The van der Waals surface area contributed by atoms with Gasteiger partial charge in [-0.1, -0.05) is 51.5 Å². The molecule has 1 aromatic heterocycles. The molecule has 0 spiro atoms. The van der Waals surface area contributed by atoms with Crippen molar-refractivity contribution in [1.82, 2.24) is 4.98 Å². The van der Waals surface area contributed by atoms with Crippen molar-refractivity contribution < 1.29 is 9.32 Å². The molecule has 2 aromatic rings. The fourth-order valence-corrected chi connectivity index (χ4v) is 4.59. The van der Waals surface area contributed by atoms with Crippen LogP contribution in [0, 0.1) is 0 Å². The Morgan fingerprint density at radius 3 is 2.56 bits per heavy atom. The molecular weight excluding hydrogens is 332 g/mol. The van der Waals surface area contributed by atoms with Crippen LogP contribution >= 0.6 is 0 Å². The van der Waals surface area contributed by atoms with Gasteiger partial charge in [-0.3, -0.25) is 9.29 Å². The maximum Gasteiger partial charge on any atom is 0.187 e. The molecule has 5 heteroatoms. The third kappa shape index (κ3) is 4.10.